The van der Waals surface area contributed by atoms with E-state index in [0.29, 0.717) is 5.75 Å². The molecule has 1 aromatic heterocycles. The van der Waals surface area contributed by atoms with Crippen LogP contribution in [0, 0.1) is 6.92 Å². The molecule has 0 amide bonds. The Bertz CT molecular complexity index is 671. The average molecular weight is 284 g/mol. The molecule has 4 nitrogen and oxygen atoms in total. The van der Waals surface area contributed by atoms with Crippen LogP contribution in [0.25, 0.3) is 0 Å². The van der Waals surface area contributed by atoms with E-state index in [1.54, 1.807) is 12.1 Å². The summed E-state index contributed by atoms with van der Waals surface area (Å²) in [5.74, 6) is 0.772. The molecule has 1 heterocycles. The van der Waals surface area contributed by atoms with E-state index >= 15 is 0 Å². The molecule has 0 bridgehead atoms. The van der Waals surface area contributed by atoms with Crippen LogP contribution in [0.2, 0.25) is 0 Å². The Morgan fingerprint density at radius 2 is 1.89 bits per heavy atom. The van der Waals surface area contributed by atoms with E-state index in [1.807, 2.05) is 25.1 Å². The lowest BCUT2D eigenvalue weighted by atomic mass is 10.2. The maximum absolute atomic E-state index is 11.1. The molecule has 0 saturated carbocycles. The highest BCUT2D eigenvalue weighted by molar-refractivity contribution is 8.13. The largest absolute Gasteiger partial charge is 0.439 e. The van der Waals surface area contributed by atoms with E-state index in [-0.39, 0.29) is 10.9 Å². The lowest BCUT2D eigenvalue weighted by molar-refractivity contribution is 0.457. The minimum atomic E-state index is -3.84. The predicted octanol–water partition coefficient (Wildman–Crippen LogP) is 3.11. The van der Waals surface area contributed by atoms with Crippen molar-refractivity contribution in [2.45, 2.75) is 11.9 Å². The number of hydrogen-bond acceptors (Lipinski definition) is 4. The quantitative estimate of drug-likeness (QED) is 0.812. The zero-order valence-corrected chi connectivity index (χ0v) is 11.1. The van der Waals surface area contributed by atoms with Gasteiger partial charge in [0.25, 0.3) is 9.05 Å². The van der Waals surface area contributed by atoms with Crippen LogP contribution in [0.1, 0.15) is 5.56 Å². The van der Waals surface area contributed by atoms with Gasteiger partial charge in [0.05, 0.1) is 0 Å². The van der Waals surface area contributed by atoms with Gasteiger partial charge in [-0.15, -0.1) is 0 Å². The minimum Gasteiger partial charge on any atom is -0.439 e. The van der Waals surface area contributed by atoms with Gasteiger partial charge in [0, 0.05) is 16.7 Å². The number of hydrogen-bond donors (Lipinski definition) is 0. The molecule has 0 aliphatic carbocycles. The van der Waals surface area contributed by atoms with E-state index in [4.69, 9.17) is 15.4 Å². The van der Waals surface area contributed by atoms with Crippen molar-refractivity contribution in [1.82, 2.24) is 4.98 Å². The lowest BCUT2D eigenvalue weighted by Gasteiger charge is -2.05. The zero-order valence-electron chi connectivity index (χ0n) is 9.50. The summed E-state index contributed by atoms with van der Waals surface area (Å²) >= 11 is 0. The fourth-order valence-corrected chi connectivity index (χ4v) is 2.09. The Kier molecular flexibility index (Phi) is 3.54. The number of ether oxygens (including phenoxy) is 1. The van der Waals surface area contributed by atoms with Gasteiger partial charge in [0.1, 0.15) is 5.75 Å². The van der Waals surface area contributed by atoms with Gasteiger partial charge in [-0.25, -0.2) is 13.4 Å². The summed E-state index contributed by atoms with van der Waals surface area (Å²) in [6, 6.07) is 11.7. The van der Waals surface area contributed by atoms with Gasteiger partial charge >= 0.3 is 0 Å². The first-order valence-electron chi connectivity index (χ1n) is 5.11. The Morgan fingerprint density at radius 3 is 2.56 bits per heavy atom. The summed E-state index contributed by atoms with van der Waals surface area (Å²) in [5, 5.41) is -0.227. The minimum absolute atomic E-state index is 0.183. The third kappa shape index (κ3) is 3.21. The third-order valence-electron chi connectivity index (χ3n) is 2.16. The Hall–Kier alpha value is -1.59. The maximum atomic E-state index is 11.1. The average Bonchev–Trinajstić information content (AvgIpc) is 2.28. The van der Waals surface area contributed by atoms with Gasteiger partial charge in [0.2, 0.25) is 5.88 Å². The highest BCUT2D eigenvalue weighted by Crippen LogP contribution is 2.22. The molecule has 0 fully saturated rings. The van der Waals surface area contributed by atoms with Crippen LogP contribution in [-0.2, 0) is 9.05 Å². The van der Waals surface area contributed by atoms with Gasteiger partial charge < -0.3 is 4.74 Å². The summed E-state index contributed by atoms with van der Waals surface area (Å²) in [6.45, 7) is 1.93. The van der Waals surface area contributed by atoms with Crippen LogP contribution >= 0.6 is 10.7 Å². The third-order valence-corrected chi connectivity index (χ3v) is 3.36. The van der Waals surface area contributed by atoms with E-state index in [0.717, 1.165) is 5.56 Å². The standard InChI is InChI=1S/C12H10ClNO3S/c1-9-4-2-5-10(8-9)17-11-6-3-7-12(14-11)18(13,15)16/h2-8H,1H3. The molecule has 2 rings (SSSR count). The Balaban J connectivity index is 2.30. The number of rotatable bonds is 3. The van der Waals surface area contributed by atoms with E-state index in [2.05, 4.69) is 4.98 Å². The molecule has 0 atom stereocenters. The molecule has 0 spiro atoms. The molecular weight excluding hydrogens is 274 g/mol. The summed E-state index contributed by atoms with van der Waals surface area (Å²) in [5.41, 5.74) is 1.04. The van der Waals surface area contributed by atoms with Crippen LogP contribution < -0.4 is 4.74 Å². The van der Waals surface area contributed by atoms with Crippen molar-refractivity contribution in [3.05, 3.63) is 48.0 Å². The molecule has 0 aliphatic rings. The van der Waals surface area contributed by atoms with Gasteiger partial charge in [-0.05, 0) is 30.7 Å². The van der Waals surface area contributed by atoms with Gasteiger partial charge in [-0.1, -0.05) is 18.2 Å². The number of pyridine rings is 1. The smallest absolute Gasteiger partial charge is 0.278 e. The first-order chi connectivity index (χ1) is 8.45. The molecule has 0 unspecified atom stereocenters. The fraction of sp³-hybridized carbons (Fsp3) is 0.0833. The number of aromatic nitrogens is 1. The molecule has 94 valence electrons. The van der Waals surface area contributed by atoms with Crippen LogP contribution in [0.4, 0.5) is 0 Å². The second kappa shape index (κ2) is 4.96. The Morgan fingerprint density at radius 1 is 1.17 bits per heavy atom. The van der Waals surface area contributed by atoms with Crippen molar-refractivity contribution in [2.24, 2.45) is 0 Å². The molecule has 1 aromatic carbocycles. The number of nitrogens with zero attached hydrogens (tertiary/aromatic N) is 1. The first kappa shape index (κ1) is 12.9. The number of benzene rings is 1. The van der Waals surface area contributed by atoms with E-state index in [1.165, 1.54) is 12.1 Å². The predicted molar refractivity (Wildman–Crippen MR) is 68.5 cm³/mol. The van der Waals surface area contributed by atoms with Gasteiger partial charge in [-0.3, -0.25) is 0 Å². The summed E-state index contributed by atoms with van der Waals surface area (Å²) < 4.78 is 27.7. The number of halogens is 1. The molecule has 2 aromatic rings. The highest BCUT2D eigenvalue weighted by Gasteiger charge is 2.12. The maximum Gasteiger partial charge on any atom is 0.278 e. The molecule has 0 radical (unpaired) electrons. The molecule has 0 saturated heterocycles. The summed E-state index contributed by atoms with van der Waals surface area (Å²) in [4.78, 5) is 3.83. The topological polar surface area (TPSA) is 56.3 Å². The van der Waals surface area contributed by atoms with Gasteiger partial charge in [0.15, 0.2) is 5.03 Å². The van der Waals surface area contributed by atoms with Crippen LogP contribution in [0.5, 0.6) is 11.6 Å². The summed E-state index contributed by atoms with van der Waals surface area (Å²) in [7, 11) is 1.37. The van der Waals surface area contributed by atoms with Crippen molar-refractivity contribution < 1.29 is 13.2 Å². The monoisotopic (exact) mass is 283 g/mol. The van der Waals surface area contributed by atoms with Crippen LogP contribution in [0.3, 0.4) is 0 Å². The summed E-state index contributed by atoms with van der Waals surface area (Å²) in [6.07, 6.45) is 0. The van der Waals surface area contributed by atoms with Crippen molar-refractivity contribution in [3.8, 4) is 11.6 Å². The van der Waals surface area contributed by atoms with Crippen LogP contribution in [0.15, 0.2) is 47.5 Å². The fourth-order valence-electron chi connectivity index (χ4n) is 1.39. The normalized spacial score (nSPS) is 11.2. The molecule has 6 heteroatoms. The van der Waals surface area contributed by atoms with E-state index < -0.39 is 9.05 Å². The van der Waals surface area contributed by atoms with Crippen LogP contribution in [-0.4, -0.2) is 13.4 Å². The molecule has 18 heavy (non-hydrogen) atoms. The Labute approximate surface area is 110 Å². The second-order valence-electron chi connectivity index (χ2n) is 3.67. The first-order valence-corrected chi connectivity index (χ1v) is 7.42. The van der Waals surface area contributed by atoms with Gasteiger partial charge in [-0.2, -0.15) is 0 Å². The van der Waals surface area contributed by atoms with Crippen molar-refractivity contribution in [1.29, 1.82) is 0 Å². The van der Waals surface area contributed by atoms with Crippen molar-refractivity contribution in [3.63, 3.8) is 0 Å². The molecule has 0 N–H and O–H groups in total. The highest BCUT2D eigenvalue weighted by atomic mass is 35.7. The van der Waals surface area contributed by atoms with E-state index in [9.17, 15) is 8.42 Å². The molecular formula is C12H10ClNO3S. The SMILES string of the molecule is Cc1cccc(Oc2cccc(S(=O)(=O)Cl)n2)c1. The lowest BCUT2D eigenvalue weighted by Crippen LogP contribution is -1.96. The molecule has 0 aliphatic heterocycles. The van der Waals surface area contributed by atoms with Crippen molar-refractivity contribution in [2.75, 3.05) is 0 Å². The van der Waals surface area contributed by atoms with Crippen molar-refractivity contribution >= 4 is 19.7 Å². The number of aryl methyl sites for hydroxylation is 1. The zero-order chi connectivity index (χ0) is 13.2. The second-order valence-corrected chi connectivity index (χ2v) is 6.18.